The molecule has 6 nitrogen and oxygen atoms in total. The summed E-state index contributed by atoms with van der Waals surface area (Å²) >= 11 is 0. The van der Waals surface area contributed by atoms with Gasteiger partial charge in [-0.3, -0.25) is 15.0 Å². The van der Waals surface area contributed by atoms with E-state index in [0.29, 0.717) is 12.0 Å². The third kappa shape index (κ3) is 2.97. The summed E-state index contributed by atoms with van der Waals surface area (Å²) in [6.07, 6.45) is 3.74. The van der Waals surface area contributed by atoms with E-state index in [1.54, 1.807) is 6.20 Å². The number of hydrogen-bond donors (Lipinski definition) is 3. The summed E-state index contributed by atoms with van der Waals surface area (Å²) in [5.74, 6) is 4.43. The molecule has 0 spiro atoms. The summed E-state index contributed by atoms with van der Waals surface area (Å²) in [5.41, 5.74) is 9.00. The molecule has 106 valence electrons. The number of nitrogens with one attached hydrogen (secondary N) is 1. The summed E-state index contributed by atoms with van der Waals surface area (Å²) in [4.78, 5) is 22.5. The largest absolute Gasteiger partial charge is 0.366 e. The van der Waals surface area contributed by atoms with E-state index in [9.17, 15) is 9.59 Å². The maximum atomic E-state index is 11.4. The van der Waals surface area contributed by atoms with Crippen LogP contribution in [0.4, 0.5) is 0 Å². The fourth-order valence-corrected chi connectivity index (χ4v) is 2.27. The maximum Gasteiger partial charge on any atom is 0.250 e. The number of nitrogens with two attached hydrogens (primary N) is 2. The first-order valence-corrected chi connectivity index (χ1v) is 6.50. The number of fused-ring (bicyclic) bond motifs is 1. The van der Waals surface area contributed by atoms with Crippen LogP contribution in [-0.4, -0.2) is 16.4 Å². The zero-order chi connectivity index (χ0) is 14.5. The molecule has 2 aromatic rings. The fraction of sp³-hybridized carbons (Fsp3) is 0.286. The molecule has 1 heterocycles. The highest BCUT2D eigenvalue weighted by Crippen LogP contribution is 2.21. The van der Waals surface area contributed by atoms with Crippen LogP contribution >= 0.6 is 0 Å². The number of benzene rings is 1. The van der Waals surface area contributed by atoms with Gasteiger partial charge in [0.2, 0.25) is 5.91 Å². The molecule has 0 aliphatic carbocycles. The summed E-state index contributed by atoms with van der Waals surface area (Å²) < 4.78 is 2.00. The minimum atomic E-state index is -0.428. The van der Waals surface area contributed by atoms with Gasteiger partial charge in [0.1, 0.15) is 0 Å². The van der Waals surface area contributed by atoms with E-state index < -0.39 is 5.91 Å². The lowest BCUT2D eigenvalue weighted by Crippen LogP contribution is -2.29. The lowest BCUT2D eigenvalue weighted by molar-refractivity contribution is -0.121. The summed E-state index contributed by atoms with van der Waals surface area (Å²) in [6, 6.07) is 7.64. The van der Waals surface area contributed by atoms with Gasteiger partial charge < -0.3 is 10.3 Å². The smallest absolute Gasteiger partial charge is 0.250 e. The summed E-state index contributed by atoms with van der Waals surface area (Å²) in [5, 5.41) is 0.861. The predicted molar refractivity (Wildman–Crippen MR) is 76.6 cm³/mol. The molecule has 2 rings (SSSR count). The Morgan fingerprint density at radius 3 is 2.65 bits per heavy atom. The quantitative estimate of drug-likeness (QED) is 0.315. The molecule has 20 heavy (non-hydrogen) atoms. The minimum Gasteiger partial charge on any atom is -0.366 e. The van der Waals surface area contributed by atoms with Gasteiger partial charge in [0.15, 0.2) is 0 Å². The van der Waals surface area contributed by atoms with Crippen LogP contribution in [0.15, 0.2) is 30.5 Å². The van der Waals surface area contributed by atoms with Crippen LogP contribution in [0.3, 0.4) is 0 Å². The molecule has 1 aromatic carbocycles. The molecular weight excluding hydrogens is 256 g/mol. The Balaban J connectivity index is 2.10. The zero-order valence-electron chi connectivity index (χ0n) is 11.1. The highest BCUT2D eigenvalue weighted by Gasteiger charge is 2.11. The molecule has 2 amide bonds. The first-order valence-electron chi connectivity index (χ1n) is 6.50. The number of aromatic nitrogens is 1. The van der Waals surface area contributed by atoms with Crippen LogP contribution in [0, 0.1) is 0 Å². The predicted octanol–water partition coefficient (Wildman–Crippen LogP) is 0.900. The zero-order valence-corrected chi connectivity index (χ0v) is 11.1. The molecule has 0 aliphatic rings. The highest BCUT2D eigenvalue weighted by molar-refractivity contribution is 6.06. The van der Waals surface area contributed by atoms with Crippen LogP contribution in [0.1, 0.15) is 29.6 Å². The molecule has 0 fully saturated rings. The van der Waals surface area contributed by atoms with Gasteiger partial charge in [-0.2, -0.15) is 0 Å². The monoisotopic (exact) mass is 274 g/mol. The van der Waals surface area contributed by atoms with E-state index in [-0.39, 0.29) is 5.91 Å². The Labute approximate surface area is 116 Å². The fourth-order valence-electron chi connectivity index (χ4n) is 2.27. The number of carbonyl (C=O) groups excluding carboxylic acids is 2. The Morgan fingerprint density at radius 1 is 1.20 bits per heavy atom. The number of primary amides is 1. The topological polar surface area (TPSA) is 103 Å². The van der Waals surface area contributed by atoms with Gasteiger partial charge in [-0.25, -0.2) is 5.84 Å². The molecule has 6 heteroatoms. The van der Waals surface area contributed by atoms with Gasteiger partial charge in [-0.15, -0.1) is 0 Å². The number of carbonyl (C=O) groups is 2. The van der Waals surface area contributed by atoms with E-state index in [1.165, 1.54) is 0 Å². The van der Waals surface area contributed by atoms with E-state index in [1.807, 2.05) is 28.8 Å². The van der Waals surface area contributed by atoms with Crippen molar-refractivity contribution in [3.8, 4) is 0 Å². The number of hydrazine groups is 1. The number of unbranched alkanes of at least 4 members (excludes halogenated alkanes) is 1. The lowest BCUT2D eigenvalue weighted by Gasteiger charge is -2.04. The van der Waals surface area contributed by atoms with Gasteiger partial charge >= 0.3 is 0 Å². The first kappa shape index (κ1) is 14.1. The Hall–Kier alpha value is -2.34. The SMILES string of the molecule is NNC(=O)CCCCn1cc(C(N)=O)c2ccccc21. The van der Waals surface area contributed by atoms with Crippen molar-refractivity contribution in [1.29, 1.82) is 0 Å². The number of amides is 2. The molecule has 0 atom stereocenters. The second kappa shape index (κ2) is 6.21. The average Bonchev–Trinajstić information content (AvgIpc) is 2.82. The van der Waals surface area contributed by atoms with Crippen molar-refractivity contribution in [3.05, 3.63) is 36.0 Å². The van der Waals surface area contributed by atoms with Crippen LogP contribution in [0.25, 0.3) is 10.9 Å². The van der Waals surface area contributed by atoms with Gasteiger partial charge in [0.05, 0.1) is 5.56 Å². The Kier molecular flexibility index (Phi) is 4.37. The third-order valence-electron chi connectivity index (χ3n) is 3.27. The standard InChI is InChI=1S/C14H18N4O2/c15-14(20)11-9-18(8-4-3-7-13(19)17-16)12-6-2-1-5-10(11)12/h1-2,5-6,9H,3-4,7-8,16H2,(H2,15,20)(H,17,19). The van der Waals surface area contributed by atoms with Crippen molar-refractivity contribution < 1.29 is 9.59 Å². The van der Waals surface area contributed by atoms with Crippen molar-refractivity contribution in [3.63, 3.8) is 0 Å². The summed E-state index contributed by atoms with van der Waals surface area (Å²) in [7, 11) is 0. The maximum absolute atomic E-state index is 11.4. The second-order valence-corrected chi connectivity index (χ2v) is 4.64. The number of hydrogen-bond acceptors (Lipinski definition) is 3. The number of nitrogens with zero attached hydrogens (tertiary/aromatic N) is 1. The molecule has 5 N–H and O–H groups in total. The normalized spacial score (nSPS) is 10.7. The second-order valence-electron chi connectivity index (χ2n) is 4.64. The van der Waals surface area contributed by atoms with E-state index in [0.717, 1.165) is 30.3 Å². The number of aryl methyl sites for hydroxylation is 1. The third-order valence-corrected chi connectivity index (χ3v) is 3.27. The van der Waals surface area contributed by atoms with Gasteiger partial charge in [-0.1, -0.05) is 18.2 Å². The van der Waals surface area contributed by atoms with Crippen molar-refractivity contribution in [2.45, 2.75) is 25.8 Å². The Bertz CT molecular complexity index is 633. The van der Waals surface area contributed by atoms with Crippen LogP contribution in [-0.2, 0) is 11.3 Å². The molecule has 0 unspecified atom stereocenters. The lowest BCUT2D eigenvalue weighted by atomic mass is 10.2. The summed E-state index contributed by atoms with van der Waals surface area (Å²) in [6.45, 7) is 0.728. The van der Waals surface area contributed by atoms with E-state index >= 15 is 0 Å². The highest BCUT2D eigenvalue weighted by atomic mass is 16.2. The molecule has 0 saturated heterocycles. The molecule has 0 bridgehead atoms. The van der Waals surface area contributed by atoms with Crippen molar-refractivity contribution >= 4 is 22.7 Å². The Morgan fingerprint density at radius 2 is 1.95 bits per heavy atom. The first-order chi connectivity index (χ1) is 9.63. The van der Waals surface area contributed by atoms with E-state index in [2.05, 4.69) is 5.43 Å². The number of rotatable bonds is 6. The molecule has 0 radical (unpaired) electrons. The van der Waals surface area contributed by atoms with E-state index in [4.69, 9.17) is 11.6 Å². The van der Waals surface area contributed by atoms with Gasteiger partial charge in [-0.05, 0) is 18.9 Å². The molecule has 1 aromatic heterocycles. The van der Waals surface area contributed by atoms with Crippen molar-refractivity contribution in [2.24, 2.45) is 11.6 Å². The molecule has 0 aliphatic heterocycles. The van der Waals surface area contributed by atoms with Gasteiger partial charge in [0.25, 0.3) is 5.91 Å². The van der Waals surface area contributed by atoms with Crippen LogP contribution in [0.5, 0.6) is 0 Å². The molecule has 0 saturated carbocycles. The van der Waals surface area contributed by atoms with Crippen LogP contribution in [0.2, 0.25) is 0 Å². The average molecular weight is 274 g/mol. The molecular formula is C14H18N4O2. The van der Waals surface area contributed by atoms with Gasteiger partial charge in [0, 0.05) is 30.1 Å². The van der Waals surface area contributed by atoms with Crippen LogP contribution < -0.4 is 17.0 Å². The number of para-hydroxylation sites is 1. The minimum absolute atomic E-state index is 0.166. The van der Waals surface area contributed by atoms with Crippen molar-refractivity contribution in [1.82, 2.24) is 9.99 Å². The van der Waals surface area contributed by atoms with Crippen molar-refractivity contribution in [2.75, 3.05) is 0 Å².